The maximum atomic E-state index is 11.2. The van der Waals surface area contributed by atoms with E-state index in [1.54, 1.807) is 0 Å². The molecule has 8 nitrogen and oxygen atoms in total. The van der Waals surface area contributed by atoms with Gasteiger partial charge in [0.05, 0.1) is 31.8 Å². The van der Waals surface area contributed by atoms with Gasteiger partial charge >= 0.3 is 17.4 Å². The molecule has 332 valence electrons. The molecule has 0 unspecified atom stereocenters. The van der Waals surface area contributed by atoms with Gasteiger partial charge in [-0.2, -0.15) is 0 Å². The van der Waals surface area contributed by atoms with E-state index in [0.29, 0.717) is 11.5 Å². The third kappa shape index (κ3) is 12.2. The Labute approximate surface area is 377 Å². The van der Waals surface area contributed by atoms with Gasteiger partial charge in [0.1, 0.15) is 11.5 Å². The zero-order valence-electron chi connectivity index (χ0n) is 37.7. The van der Waals surface area contributed by atoms with Gasteiger partial charge in [0.2, 0.25) is 0 Å². The standard InChI is InChI=1S/2C24H25O2P.C5H12O4/c2*1-23(2,18-11-7-5-8-12-18)20-15-16-22(26-27-25)21(17-20)24(3,4)19-13-9-6-10-14-19;6-1-5(2-7,3-8)4-9/h2*5-17H,1-4H3;6-9H,1-4H2. The highest BCUT2D eigenvalue weighted by Gasteiger charge is 2.32. The minimum Gasteiger partial charge on any atom is -0.407 e. The predicted octanol–water partition coefficient (Wildman–Crippen LogP) is 11.8. The van der Waals surface area contributed by atoms with Crippen molar-refractivity contribution in [1.82, 2.24) is 0 Å². The molecular formula is C53H62O8P2. The van der Waals surface area contributed by atoms with Gasteiger partial charge in [-0.05, 0) is 45.5 Å². The van der Waals surface area contributed by atoms with Crippen LogP contribution in [0.3, 0.4) is 0 Å². The zero-order chi connectivity index (χ0) is 46.3. The minimum absolute atomic E-state index is 0.156. The van der Waals surface area contributed by atoms with E-state index in [-0.39, 0.29) is 39.0 Å². The van der Waals surface area contributed by atoms with Gasteiger partial charge in [0, 0.05) is 32.8 Å². The average Bonchev–Trinajstić information content (AvgIpc) is 3.32. The molecule has 0 heterocycles. The first kappa shape index (κ1) is 50.6. The monoisotopic (exact) mass is 888 g/mol. The number of aliphatic hydroxyl groups excluding tert-OH is 4. The van der Waals surface area contributed by atoms with Crippen molar-refractivity contribution in [3.8, 4) is 11.5 Å². The first-order valence-electron chi connectivity index (χ1n) is 20.9. The summed E-state index contributed by atoms with van der Waals surface area (Å²) in [5.74, 6) is 1.29. The van der Waals surface area contributed by atoms with E-state index >= 15 is 0 Å². The fourth-order valence-corrected chi connectivity index (χ4v) is 7.90. The van der Waals surface area contributed by atoms with E-state index in [2.05, 4.69) is 152 Å². The molecule has 0 bridgehead atoms. The smallest absolute Gasteiger partial charge is 0.395 e. The Balaban J connectivity index is 0.000000232. The summed E-state index contributed by atoms with van der Waals surface area (Å²) >= 11 is 0. The maximum absolute atomic E-state index is 11.2. The molecule has 0 saturated carbocycles. The van der Waals surface area contributed by atoms with Crippen LogP contribution in [0.5, 0.6) is 11.5 Å². The molecule has 10 heteroatoms. The van der Waals surface area contributed by atoms with E-state index in [1.165, 1.54) is 33.4 Å². The molecule has 0 amide bonds. The second kappa shape index (κ2) is 22.5. The second-order valence-corrected chi connectivity index (χ2v) is 18.5. The van der Waals surface area contributed by atoms with Crippen molar-refractivity contribution < 1.29 is 38.6 Å². The topological polar surface area (TPSA) is 134 Å². The lowest BCUT2D eigenvalue weighted by Gasteiger charge is -2.31. The fourth-order valence-electron chi connectivity index (χ4n) is 7.42. The Bertz CT molecular complexity index is 2150. The van der Waals surface area contributed by atoms with Gasteiger partial charge in [0.15, 0.2) is 0 Å². The van der Waals surface area contributed by atoms with Gasteiger partial charge in [-0.1, -0.05) is 201 Å². The molecular weight excluding hydrogens is 827 g/mol. The summed E-state index contributed by atoms with van der Waals surface area (Å²) in [7, 11) is -0.685. The number of hydrogen-bond donors (Lipinski definition) is 4. The quantitative estimate of drug-likeness (QED) is 0.0706. The Morgan fingerprint density at radius 1 is 0.365 bits per heavy atom. The molecule has 6 rings (SSSR count). The lowest BCUT2D eigenvalue weighted by atomic mass is 9.73. The van der Waals surface area contributed by atoms with Crippen LogP contribution >= 0.6 is 17.4 Å². The lowest BCUT2D eigenvalue weighted by Crippen LogP contribution is -2.37. The summed E-state index contributed by atoms with van der Waals surface area (Å²) in [4.78, 5) is 0. The molecule has 0 aliphatic rings. The van der Waals surface area contributed by atoms with Crippen molar-refractivity contribution >= 4 is 17.4 Å². The third-order valence-corrected chi connectivity index (χ3v) is 12.9. The number of aliphatic hydroxyl groups is 4. The Morgan fingerprint density at radius 3 is 0.841 bits per heavy atom. The van der Waals surface area contributed by atoms with E-state index in [1.807, 2.05) is 60.7 Å². The predicted molar refractivity (Wildman–Crippen MR) is 254 cm³/mol. The van der Waals surface area contributed by atoms with Crippen molar-refractivity contribution in [2.24, 2.45) is 5.41 Å². The second-order valence-electron chi connectivity index (χ2n) is 17.9. The zero-order valence-corrected chi connectivity index (χ0v) is 39.4. The summed E-state index contributed by atoms with van der Waals surface area (Å²) in [6.45, 7) is 16.0. The summed E-state index contributed by atoms with van der Waals surface area (Å²) in [6.07, 6.45) is 0. The maximum Gasteiger partial charge on any atom is 0.395 e. The van der Waals surface area contributed by atoms with Crippen LogP contribution in [0.1, 0.15) is 99.9 Å². The first-order valence-corrected chi connectivity index (χ1v) is 22.4. The van der Waals surface area contributed by atoms with Gasteiger partial charge < -0.3 is 29.5 Å². The molecule has 0 saturated heterocycles. The molecule has 4 N–H and O–H groups in total. The number of benzene rings is 6. The van der Waals surface area contributed by atoms with Crippen LogP contribution in [0.2, 0.25) is 0 Å². The van der Waals surface area contributed by atoms with E-state index in [9.17, 15) is 9.13 Å². The number of rotatable bonds is 16. The van der Waals surface area contributed by atoms with Gasteiger partial charge in [-0.25, -0.2) is 9.13 Å². The van der Waals surface area contributed by atoms with Crippen LogP contribution in [0, 0.1) is 5.41 Å². The molecule has 0 atom stereocenters. The molecule has 0 fully saturated rings. The van der Waals surface area contributed by atoms with Crippen LogP contribution in [-0.4, -0.2) is 46.9 Å². The van der Waals surface area contributed by atoms with Crippen LogP contribution in [0.15, 0.2) is 158 Å². The highest BCUT2D eigenvalue weighted by Crippen LogP contribution is 2.44. The minimum atomic E-state index is -1.11. The van der Waals surface area contributed by atoms with Gasteiger partial charge in [-0.3, -0.25) is 0 Å². The van der Waals surface area contributed by atoms with Crippen LogP contribution in [0.25, 0.3) is 0 Å². The summed E-state index contributed by atoms with van der Waals surface area (Å²) in [5, 5.41) is 34.0. The van der Waals surface area contributed by atoms with Crippen molar-refractivity contribution in [2.45, 2.75) is 77.0 Å². The van der Waals surface area contributed by atoms with Gasteiger partial charge in [-0.15, -0.1) is 0 Å². The van der Waals surface area contributed by atoms with E-state index in [4.69, 9.17) is 29.5 Å². The summed E-state index contributed by atoms with van der Waals surface area (Å²) in [5.41, 5.74) is 7.33. The largest absolute Gasteiger partial charge is 0.407 e. The van der Waals surface area contributed by atoms with Crippen molar-refractivity contribution in [3.63, 3.8) is 0 Å². The highest BCUT2D eigenvalue weighted by atomic mass is 31.1. The van der Waals surface area contributed by atoms with E-state index in [0.717, 1.165) is 11.1 Å². The third-order valence-electron chi connectivity index (χ3n) is 12.3. The van der Waals surface area contributed by atoms with Crippen LogP contribution in [-0.2, 0) is 30.8 Å². The SMILES string of the molecule is CC(C)(c1ccccc1)c1ccc(OP=O)c(C(C)(C)c2ccccc2)c1.CC(C)(c1ccccc1)c1ccc(OP=O)c(C(C)(C)c2ccccc2)c1.OCC(CO)(CO)CO. The fraction of sp³-hybridized carbons (Fsp3) is 0.321. The molecule has 6 aromatic rings. The molecule has 0 aromatic heterocycles. The average molecular weight is 889 g/mol. The molecule has 0 aliphatic carbocycles. The highest BCUT2D eigenvalue weighted by molar-refractivity contribution is 7.18. The van der Waals surface area contributed by atoms with Crippen LogP contribution < -0.4 is 9.05 Å². The van der Waals surface area contributed by atoms with Crippen LogP contribution in [0.4, 0.5) is 0 Å². The Kier molecular flexibility index (Phi) is 18.1. The molecule has 0 aliphatic heterocycles. The number of hydrogen-bond acceptors (Lipinski definition) is 8. The molecule has 6 aromatic carbocycles. The van der Waals surface area contributed by atoms with E-state index < -0.39 is 31.8 Å². The van der Waals surface area contributed by atoms with Crippen molar-refractivity contribution in [3.05, 3.63) is 202 Å². The summed E-state index contributed by atoms with van der Waals surface area (Å²) < 4.78 is 33.2. The molecule has 0 radical (unpaired) electrons. The van der Waals surface area contributed by atoms with Crippen molar-refractivity contribution in [1.29, 1.82) is 0 Å². The summed E-state index contributed by atoms with van der Waals surface area (Å²) in [6, 6.07) is 54.0. The molecule has 63 heavy (non-hydrogen) atoms. The normalized spacial score (nSPS) is 12.1. The Morgan fingerprint density at radius 2 is 0.619 bits per heavy atom. The first-order chi connectivity index (χ1) is 30.0. The molecule has 0 spiro atoms. The lowest BCUT2D eigenvalue weighted by molar-refractivity contribution is -0.0328. The van der Waals surface area contributed by atoms with Crippen molar-refractivity contribution in [2.75, 3.05) is 26.4 Å². The Hall–Kier alpha value is -5.04. The van der Waals surface area contributed by atoms with Gasteiger partial charge in [0.25, 0.3) is 0 Å².